The van der Waals surface area contributed by atoms with Gasteiger partial charge < -0.3 is 10.1 Å². The van der Waals surface area contributed by atoms with E-state index in [2.05, 4.69) is 32.1 Å². The van der Waals surface area contributed by atoms with E-state index in [1.807, 2.05) is 12.1 Å². The Bertz CT molecular complexity index is 728. The van der Waals surface area contributed by atoms with Gasteiger partial charge in [0.1, 0.15) is 11.6 Å². The van der Waals surface area contributed by atoms with Crippen molar-refractivity contribution in [3.63, 3.8) is 0 Å². The minimum absolute atomic E-state index is 0.0595. The van der Waals surface area contributed by atoms with E-state index in [9.17, 15) is 9.18 Å². The van der Waals surface area contributed by atoms with Gasteiger partial charge in [0.2, 0.25) is 0 Å². The Morgan fingerprint density at radius 1 is 1.17 bits per heavy atom. The quantitative estimate of drug-likeness (QED) is 0.531. The van der Waals surface area contributed by atoms with E-state index in [0.717, 1.165) is 4.47 Å². The van der Waals surface area contributed by atoms with Crippen molar-refractivity contribution in [2.75, 3.05) is 5.32 Å². The van der Waals surface area contributed by atoms with Crippen LogP contribution in [0.4, 0.5) is 10.1 Å². The summed E-state index contributed by atoms with van der Waals surface area (Å²) in [6, 6.07) is 13.2. The molecule has 126 valence electrons. The van der Waals surface area contributed by atoms with Crippen molar-refractivity contribution >= 4 is 44.9 Å². The highest BCUT2D eigenvalue weighted by atomic mass is 79.9. The lowest BCUT2D eigenvalue weighted by molar-refractivity contribution is -0.127. The molecule has 0 unspecified atom stereocenters. The first-order valence-corrected chi connectivity index (χ1v) is 8.19. The monoisotopic (exact) mass is 411 g/mol. The van der Waals surface area contributed by atoms with Crippen LogP contribution in [0, 0.1) is 5.82 Å². The second-order valence-electron chi connectivity index (χ2n) is 4.76. The molecule has 0 saturated carbocycles. The maximum atomic E-state index is 13.5. The van der Waals surface area contributed by atoms with Crippen LogP contribution in [0.5, 0.6) is 5.75 Å². The highest BCUT2D eigenvalue weighted by molar-refractivity contribution is 9.10. The third-order valence-corrected chi connectivity index (χ3v) is 3.65. The van der Waals surface area contributed by atoms with Crippen LogP contribution in [-0.4, -0.2) is 17.1 Å². The van der Waals surface area contributed by atoms with Crippen LogP contribution in [0.3, 0.4) is 0 Å². The van der Waals surface area contributed by atoms with E-state index in [0.29, 0.717) is 5.75 Å². The van der Waals surface area contributed by atoms with Crippen LogP contribution in [0.2, 0.25) is 0 Å². The van der Waals surface area contributed by atoms with Gasteiger partial charge in [-0.25, -0.2) is 4.39 Å². The summed E-state index contributed by atoms with van der Waals surface area (Å²) in [6.07, 6.45) is -0.741. The van der Waals surface area contributed by atoms with Crippen molar-refractivity contribution in [2.24, 2.45) is 0 Å². The summed E-state index contributed by atoms with van der Waals surface area (Å²) in [7, 11) is 0. The molecular formula is C16H15BrFN3O2S. The number of benzene rings is 2. The summed E-state index contributed by atoms with van der Waals surface area (Å²) in [5.41, 5.74) is 5.12. The molecule has 1 atom stereocenters. The fourth-order valence-corrected chi connectivity index (χ4v) is 2.13. The molecule has 0 heterocycles. The zero-order valence-corrected chi connectivity index (χ0v) is 15.1. The second kappa shape index (κ2) is 8.60. The zero-order chi connectivity index (χ0) is 17.5. The molecule has 2 aromatic carbocycles. The first-order valence-electron chi connectivity index (χ1n) is 6.99. The molecule has 5 nitrogen and oxygen atoms in total. The number of ether oxygens (including phenoxy) is 1. The van der Waals surface area contributed by atoms with Crippen LogP contribution >= 0.6 is 28.1 Å². The van der Waals surface area contributed by atoms with E-state index in [1.165, 1.54) is 12.1 Å². The Kier molecular flexibility index (Phi) is 6.51. The molecule has 3 N–H and O–H groups in total. The number of hydrogen-bond donors (Lipinski definition) is 3. The Hall–Kier alpha value is -2.19. The molecule has 0 aromatic heterocycles. The van der Waals surface area contributed by atoms with Gasteiger partial charge in [-0.3, -0.25) is 15.6 Å². The largest absolute Gasteiger partial charge is 0.481 e. The Labute approximate surface area is 152 Å². The molecule has 8 heteroatoms. The molecule has 0 bridgehead atoms. The average Bonchev–Trinajstić information content (AvgIpc) is 2.57. The maximum Gasteiger partial charge on any atom is 0.279 e. The molecule has 0 aliphatic heterocycles. The molecule has 0 aliphatic carbocycles. The summed E-state index contributed by atoms with van der Waals surface area (Å²) in [6.45, 7) is 1.60. The number of anilines is 1. The standard InChI is InChI=1S/C16H15BrFN3O2S/c1-10(23-12-8-6-11(17)7-9-12)15(22)20-21-16(24)19-14-5-3-2-4-13(14)18/h2-10H,1H3,(H,20,22)(H2,19,21,24)/t10-/m1/s1. The molecular weight excluding hydrogens is 397 g/mol. The van der Waals surface area contributed by atoms with Crippen LogP contribution in [0.15, 0.2) is 53.0 Å². The first kappa shape index (κ1) is 18.2. The minimum Gasteiger partial charge on any atom is -0.481 e. The van der Waals surface area contributed by atoms with Crippen molar-refractivity contribution in [1.82, 2.24) is 10.9 Å². The number of thiocarbonyl (C=S) groups is 1. The summed E-state index contributed by atoms with van der Waals surface area (Å²) < 4.78 is 19.9. The van der Waals surface area contributed by atoms with Gasteiger partial charge in [0, 0.05) is 4.47 Å². The van der Waals surface area contributed by atoms with Gasteiger partial charge in [-0.15, -0.1) is 0 Å². The number of amides is 1. The van der Waals surface area contributed by atoms with Crippen LogP contribution in [-0.2, 0) is 4.79 Å². The number of hydrogen-bond acceptors (Lipinski definition) is 3. The molecule has 0 saturated heterocycles. The first-order chi connectivity index (χ1) is 11.5. The van der Waals surface area contributed by atoms with E-state index < -0.39 is 17.8 Å². The van der Waals surface area contributed by atoms with Gasteiger partial charge in [0.15, 0.2) is 11.2 Å². The fourth-order valence-electron chi connectivity index (χ4n) is 1.71. The second-order valence-corrected chi connectivity index (χ2v) is 6.09. The Morgan fingerprint density at radius 3 is 2.50 bits per heavy atom. The highest BCUT2D eigenvalue weighted by Gasteiger charge is 2.15. The van der Waals surface area contributed by atoms with Gasteiger partial charge >= 0.3 is 0 Å². The van der Waals surface area contributed by atoms with E-state index in [-0.39, 0.29) is 10.8 Å². The number of halogens is 2. The number of para-hydroxylation sites is 1. The van der Waals surface area contributed by atoms with Crippen LogP contribution in [0.25, 0.3) is 0 Å². The predicted molar refractivity (Wildman–Crippen MR) is 98.1 cm³/mol. The molecule has 24 heavy (non-hydrogen) atoms. The number of hydrazine groups is 1. The Balaban J connectivity index is 1.80. The van der Waals surface area contributed by atoms with Crippen molar-refractivity contribution < 1.29 is 13.9 Å². The summed E-state index contributed by atoms with van der Waals surface area (Å²) in [4.78, 5) is 12.0. The topological polar surface area (TPSA) is 62.4 Å². The molecule has 0 fully saturated rings. The molecule has 0 radical (unpaired) electrons. The smallest absolute Gasteiger partial charge is 0.279 e. The zero-order valence-electron chi connectivity index (χ0n) is 12.7. The third kappa shape index (κ3) is 5.47. The molecule has 2 aromatic rings. The summed E-state index contributed by atoms with van der Waals surface area (Å²) >= 11 is 8.32. The van der Waals surface area contributed by atoms with Crippen LogP contribution < -0.4 is 20.9 Å². The molecule has 2 rings (SSSR count). The van der Waals surface area contributed by atoms with E-state index >= 15 is 0 Å². The number of carbonyl (C=O) groups is 1. The molecule has 0 spiro atoms. The summed E-state index contributed by atoms with van der Waals surface area (Å²) in [5.74, 6) is -0.302. The van der Waals surface area contributed by atoms with Gasteiger partial charge in [0.05, 0.1) is 5.69 Å². The van der Waals surface area contributed by atoms with E-state index in [1.54, 1.807) is 31.2 Å². The van der Waals surface area contributed by atoms with E-state index in [4.69, 9.17) is 17.0 Å². The normalized spacial score (nSPS) is 11.3. The Morgan fingerprint density at radius 2 is 1.83 bits per heavy atom. The number of rotatable bonds is 4. The van der Waals surface area contributed by atoms with Gasteiger partial charge in [-0.2, -0.15) is 0 Å². The molecule has 0 aliphatic rings. The lowest BCUT2D eigenvalue weighted by Gasteiger charge is -2.16. The van der Waals surface area contributed by atoms with Gasteiger partial charge in [0.25, 0.3) is 5.91 Å². The highest BCUT2D eigenvalue weighted by Crippen LogP contribution is 2.17. The lowest BCUT2D eigenvalue weighted by Crippen LogP contribution is -2.48. The number of nitrogens with one attached hydrogen (secondary N) is 3. The van der Waals surface area contributed by atoms with Crippen molar-refractivity contribution in [1.29, 1.82) is 0 Å². The third-order valence-electron chi connectivity index (χ3n) is 2.92. The van der Waals surface area contributed by atoms with Crippen LogP contribution in [0.1, 0.15) is 6.92 Å². The summed E-state index contributed by atoms with van der Waals surface area (Å²) in [5, 5.41) is 2.70. The maximum absolute atomic E-state index is 13.5. The van der Waals surface area contributed by atoms with Crippen molar-refractivity contribution in [3.05, 3.63) is 58.8 Å². The van der Waals surface area contributed by atoms with Crippen molar-refractivity contribution in [3.8, 4) is 5.75 Å². The van der Waals surface area contributed by atoms with Gasteiger partial charge in [-0.05, 0) is 55.5 Å². The molecule has 1 amide bonds. The minimum atomic E-state index is -0.741. The SMILES string of the molecule is C[C@@H](Oc1ccc(Br)cc1)C(=O)NNC(=S)Nc1ccccc1F. The average molecular weight is 412 g/mol. The lowest BCUT2D eigenvalue weighted by atomic mass is 10.3. The number of carbonyl (C=O) groups excluding carboxylic acids is 1. The van der Waals surface area contributed by atoms with Gasteiger partial charge in [-0.1, -0.05) is 28.1 Å². The fraction of sp³-hybridized carbons (Fsp3) is 0.125. The van der Waals surface area contributed by atoms with Crippen molar-refractivity contribution in [2.45, 2.75) is 13.0 Å². The predicted octanol–water partition coefficient (Wildman–Crippen LogP) is 3.37.